The summed E-state index contributed by atoms with van der Waals surface area (Å²) in [5, 5.41) is 9.88. The number of rotatable bonds is 3. The van der Waals surface area contributed by atoms with Crippen LogP contribution in [0.4, 0.5) is 0 Å². The van der Waals surface area contributed by atoms with E-state index in [1.54, 1.807) is 36.4 Å². The van der Waals surface area contributed by atoms with Crippen molar-refractivity contribution in [3.8, 4) is 17.0 Å². The first kappa shape index (κ1) is 16.0. The molecule has 0 aliphatic carbocycles. The van der Waals surface area contributed by atoms with Crippen LogP contribution < -0.4 is 0 Å². The highest BCUT2D eigenvalue weighted by molar-refractivity contribution is 6.21. The topological polar surface area (TPSA) is 70.5 Å². The van der Waals surface area contributed by atoms with Gasteiger partial charge in [0.1, 0.15) is 0 Å². The van der Waals surface area contributed by atoms with E-state index < -0.39 is 0 Å². The van der Waals surface area contributed by atoms with E-state index in [9.17, 15) is 14.7 Å². The van der Waals surface area contributed by atoms with Crippen LogP contribution in [0.2, 0.25) is 0 Å². The Morgan fingerprint density at radius 2 is 1.42 bits per heavy atom. The van der Waals surface area contributed by atoms with E-state index in [1.807, 2.05) is 31.2 Å². The van der Waals surface area contributed by atoms with Crippen molar-refractivity contribution in [1.82, 2.24) is 9.88 Å². The van der Waals surface area contributed by atoms with E-state index in [4.69, 9.17) is 0 Å². The maximum absolute atomic E-state index is 12.6. The number of benzene rings is 2. The normalized spacial score (nSPS) is 14.4. The molecule has 1 N–H and O–H groups in total. The van der Waals surface area contributed by atoms with Crippen LogP contribution in [0, 0.1) is 0 Å². The lowest BCUT2D eigenvalue weighted by atomic mass is 10.0. The number of aromatic nitrogens is 1. The molecule has 2 amide bonds. The van der Waals surface area contributed by atoms with Gasteiger partial charge in [-0.1, -0.05) is 36.4 Å². The summed E-state index contributed by atoms with van der Waals surface area (Å²) in [4.78, 5) is 30.4. The molecule has 0 bridgehead atoms. The van der Waals surface area contributed by atoms with Gasteiger partial charge in [-0.3, -0.25) is 14.5 Å². The van der Waals surface area contributed by atoms with Crippen LogP contribution >= 0.6 is 0 Å². The zero-order chi connectivity index (χ0) is 18.3. The zero-order valence-electron chi connectivity index (χ0n) is 14.1. The second kappa shape index (κ2) is 6.11. The molecular formula is C21H16N2O3. The predicted molar refractivity (Wildman–Crippen MR) is 96.7 cm³/mol. The summed E-state index contributed by atoms with van der Waals surface area (Å²) in [7, 11) is 0. The number of pyridine rings is 1. The fourth-order valence-corrected chi connectivity index (χ4v) is 3.27. The molecule has 5 nitrogen and oxygen atoms in total. The molecule has 0 saturated heterocycles. The highest BCUT2D eigenvalue weighted by atomic mass is 16.3. The lowest BCUT2D eigenvalue weighted by Gasteiger charge is -2.23. The number of hydrogen-bond donors (Lipinski definition) is 1. The second-order valence-electron chi connectivity index (χ2n) is 6.20. The summed E-state index contributed by atoms with van der Waals surface area (Å²) in [6.07, 6.45) is 1.53. The molecule has 4 rings (SSSR count). The van der Waals surface area contributed by atoms with Gasteiger partial charge in [-0.15, -0.1) is 0 Å². The van der Waals surface area contributed by atoms with Crippen molar-refractivity contribution in [3.05, 3.63) is 83.6 Å². The van der Waals surface area contributed by atoms with E-state index in [0.717, 1.165) is 11.1 Å². The molecule has 0 saturated carbocycles. The molecule has 1 unspecified atom stereocenters. The van der Waals surface area contributed by atoms with Crippen molar-refractivity contribution in [3.63, 3.8) is 0 Å². The van der Waals surface area contributed by atoms with Gasteiger partial charge in [-0.2, -0.15) is 0 Å². The Hall–Kier alpha value is -3.47. The summed E-state index contributed by atoms with van der Waals surface area (Å²) >= 11 is 0. The Kier molecular flexibility index (Phi) is 3.77. The van der Waals surface area contributed by atoms with Crippen LogP contribution in [0.5, 0.6) is 5.88 Å². The van der Waals surface area contributed by atoms with Crippen molar-refractivity contribution in [2.75, 3.05) is 0 Å². The molecule has 0 fully saturated rings. The molecule has 3 aromatic rings. The first-order valence-corrected chi connectivity index (χ1v) is 8.29. The molecule has 1 aliphatic rings. The molecular weight excluding hydrogens is 328 g/mol. The van der Waals surface area contributed by atoms with Crippen molar-refractivity contribution < 1.29 is 14.7 Å². The lowest BCUT2D eigenvalue weighted by molar-refractivity contribution is 0.0595. The number of carbonyl (C=O) groups excluding carboxylic acids is 2. The maximum atomic E-state index is 12.6. The van der Waals surface area contributed by atoms with E-state index >= 15 is 0 Å². The highest BCUT2D eigenvalue weighted by Gasteiger charge is 2.38. The largest absolute Gasteiger partial charge is 0.493 e. The SMILES string of the molecule is CC(c1ccc(-c2cccnc2O)cc1)N1C(=O)c2ccccc2C1=O. The summed E-state index contributed by atoms with van der Waals surface area (Å²) < 4.78 is 0. The molecule has 128 valence electrons. The van der Waals surface area contributed by atoms with E-state index in [1.165, 1.54) is 11.1 Å². The average Bonchev–Trinajstić information content (AvgIpc) is 2.93. The van der Waals surface area contributed by atoms with Gasteiger partial charge in [0.25, 0.3) is 11.8 Å². The number of hydrogen-bond acceptors (Lipinski definition) is 4. The molecule has 1 aliphatic heterocycles. The molecule has 0 radical (unpaired) electrons. The number of aromatic hydroxyl groups is 1. The van der Waals surface area contributed by atoms with Gasteiger partial charge in [-0.25, -0.2) is 4.98 Å². The van der Waals surface area contributed by atoms with Crippen molar-refractivity contribution in [2.24, 2.45) is 0 Å². The van der Waals surface area contributed by atoms with Gasteiger partial charge >= 0.3 is 0 Å². The number of fused-ring (bicyclic) bond motifs is 1. The summed E-state index contributed by atoms with van der Waals surface area (Å²) in [5.74, 6) is -0.576. The van der Waals surface area contributed by atoms with Crippen molar-refractivity contribution in [1.29, 1.82) is 0 Å². The van der Waals surface area contributed by atoms with Crippen LogP contribution in [0.3, 0.4) is 0 Å². The summed E-state index contributed by atoms with van der Waals surface area (Å²) in [6.45, 7) is 1.83. The van der Waals surface area contributed by atoms with Gasteiger partial charge in [0.15, 0.2) is 0 Å². The van der Waals surface area contributed by atoms with E-state index in [2.05, 4.69) is 4.98 Å². The number of amides is 2. The Morgan fingerprint density at radius 1 is 0.846 bits per heavy atom. The van der Waals surface area contributed by atoms with Gasteiger partial charge in [0.05, 0.1) is 17.2 Å². The summed E-state index contributed by atoms with van der Waals surface area (Å²) in [6, 6.07) is 17.4. The molecule has 5 heteroatoms. The molecule has 2 aromatic carbocycles. The Balaban J connectivity index is 1.64. The number of carbonyl (C=O) groups is 2. The lowest BCUT2D eigenvalue weighted by Crippen LogP contribution is -2.32. The van der Waals surface area contributed by atoms with Gasteiger partial charge in [0, 0.05) is 11.8 Å². The van der Waals surface area contributed by atoms with Gasteiger partial charge in [-0.05, 0) is 42.3 Å². The molecule has 26 heavy (non-hydrogen) atoms. The van der Waals surface area contributed by atoms with Crippen LogP contribution in [-0.2, 0) is 0 Å². The molecule has 0 spiro atoms. The van der Waals surface area contributed by atoms with Gasteiger partial charge in [0.2, 0.25) is 5.88 Å². The number of imide groups is 1. The first-order valence-electron chi connectivity index (χ1n) is 8.29. The third-order valence-corrected chi connectivity index (χ3v) is 4.70. The molecule has 1 atom stereocenters. The Bertz CT molecular complexity index is 977. The number of nitrogens with zero attached hydrogens (tertiary/aromatic N) is 2. The van der Waals surface area contributed by atoms with Crippen LogP contribution in [0.1, 0.15) is 39.2 Å². The molecule has 2 heterocycles. The predicted octanol–water partition coefficient (Wildman–Crippen LogP) is 3.81. The van der Waals surface area contributed by atoms with Crippen molar-refractivity contribution >= 4 is 11.8 Å². The fourth-order valence-electron chi connectivity index (χ4n) is 3.27. The minimum absolute atomic E-state index is 0.0337. The third-order valence-electron chi connectivity index (χ3n) is 4.70. The minimum atomic E-state index is -0.390. The van der Waals surface area contributed by atoms with Crippen LogP contribution in [-0.4, -0.2) is 26.8 Å². The third kappa shape index (κ3) is 2.45. The second-order valence-corrected chi connectivity index (χ2v) is 6.20. The maximum Gasteiger partial charge on any atom is 0.262 e. The Labute approximate surface area is 150 Å². The quantitative estimate of drug-likeness (QED) is 0.734. The van der Waals surface area contributed by atoms with Crippen molar-refractivity contribution in [2.45, 2.75) is 13.0 Å². The average molecular weight is 344 g/mol. The molecule has 1 aromatic heterocycles. The zero-order valence-corrected chi connectivity index (χ0v) is 14.1. The standard InChI is InChI=1S/C21H16N2O3/c1-13(23-20(25)17-5-2-3-6-18(17)21(23)26)14-8-10-15(11-9-14)16-7-4-12-22-19(16)24/h2-13H,1H3,(H,22,24). The van der Waals surface area contributed by atoms with E-state index in [-0.39, 0.29) is 23.7 Å². The Morgan fingerprint density at radius 3 is 2.00 bits per heavy atom. The first-order chi connectivity index (χ1) is 12.6. The monoisotopic (exact) mass is 344 g/mol. The minimum Gasteiger partial charge on any atom is -0.493 e. The van der Waals surface area contributed by atoms with Crippen LogP contribution in [0.25, 0.3) is 11.1 Å². The van der Waals surface area contributed by atoms with Gasteiger partial charge < -0.3 is 5.11 Å². The van der Waals surface area contributed by atoms with Crippen LogP contribution in [0.15, 0.2) is 66.9 Å². The highest BCUT2D eigenvalue weighted by Crippen LogP contribution is 2.33. The smallest absolute Gasteiger partial charge is 0.262 e. The van der Waals surface area contributed by atoms with E-state index in [0.29, 0.717) is 16.7 Å². The fraction of sp³-hybridized carbons (Fsp3) is 0.0952. The summed E-state index contributed by atoms with van der Waals surface area (Å²) in [5.41, 5.74) is 3.18.